The second kappa shape index (κ2) is 5.16. The summed E-state index contributed by atoms with van der Waals surface area (Å²) < 4.78 is 35.5. The predicted molar refractivity (Wildman–Crippen MR) is 49.1 cm³/mol. The predicted octanol–water partition coefficient (Wildman–Crippen LogP) is 1.62. The summed E-state index contributed by atoms with van der Waals surface area (Å²) in [7, 11) is 2.60. The Morgan fingerprint density at radius 3 is 2.33 bits per heavy atom. The summed E-state index contributed by atoms with van der Waals surface area (Å²) in [5.41, 5.74) is -0.191. The Labute approximate surface area is 86.2 Å². The third kappa shape index (κ3) is 2.71. The van der Waals surface area contributed by atoms with Gasteiger partial charge in [0.1, 0.15) is 17.7 Å². The number of benzene rings is 1. The first-order valence-corrected chi connectivity index (χ1v) is 4.28. The number of hydrogen-bond donors (Lipinski definition) is 1. The fourth-order valence-corrected chi connectivity index (χ4v) is 1.24. The molecule has 1 aromatic carbocycles. The van der Waals surface area contributed by atoms with E-state index >= 15 is 0 Å². The molecule has 0 aliphatic heterocycles. The molecular formula is C10H12F2O3. The van der Waals surface area contributed by atoms with Crippen molar-refractivity contribution in [1.29, 1.82) is 0 Å². The van der Waals surface area contributed by atoms with Crippen molar-refractivity contribution in [1.82, 2.24) is 0 Å². The number of halogens is 2. The molecular weight excluding hydrogens is 206 g/mol. The molecule has 5 heteroatoms. The number of aliphatic hydroxyl groups is 1. The van der Waals surface area contributed by atoms with Crippen molar-refractivity contribution in [3.8, 4) is 0 Å². The Bertz CT molecular complexity index is 326. The van der Waals surface area contributed by atoms with Crippen molar-refractivity contribution in [2.24, 2.45) is 0 Å². The molecule has 0 saturated carbocycles. The zero-order valence-corrected chi connectivity index (χ0v) is 8.41. The quantitative estimate of drug-likeness (QED) is 0.780. The number of hydrogen-bond acceptors (Lipinski definition) is 3. The molecule has 1 aromatic rings. The lowest BCUT2D eigenvalue weighted by Crippen LogP contribution is -2.23. The van der Waals surface area contributed by atoms with Crippen molar-refractivity contribution < 1.29 is 23.4 Å². The molecule has 0 bridgehead atoms. The highest BCUT2D eigenvalue weighted by Crippen LogP contribution is 2.22. The molecule has 0 heterocycles. The van der Waals surface area contributed by atoms with Crippen molar-refractivity contribution in [3.63, 3.8) is 0 Å². The van der Waals surface area contributed by atoms with Gasteiger partial charge in [0.05, 0.1) is 0 Å². The molecule has 0 spiro atoms. The van der Waals surface area contributed by atoms with Gasteiger partial charge in [0, 0.05) is 19.8 Å². The van der Waals surface area contributed by atoms with E-state index in [4.69, 9.17) is 9.47 Å². The van der Waals surface area contributed by atoms with E-state index in [1.807, 2.05) is 0 Å². The van der Waals surface area contributed by atoms with Crippen LogP contribution in [0.15, 0.2) is 18.2 Å². The number of ether oxygens (including phenoxy) is 2. The first-order chi connectivity index (χ1) is 7.10. The third-order valence-electron chi connectivity index (χ3n) is 2.00. The van der Waals surface area contributed by atoms with Crippen LogP contribution in [0.1, 0.15) is 11.7 Å². The Morgan fingerprint density at radius 1 is 1.20 bits per heavy atom. The molecule has 1 atom stereocenters. The maximum absolute atomic E-state index is 13.2. The lowest BCUT2D eigenvalue weighted by molar-refractivity contribution is -0.167. The minimum absolute atomic E-state index is 0.191. The number of rotatable bonds is 4. The van der Waals surface area contributed by atoms with Gasteiger partial charge in [-0.05, 0) is 18.2 Å². The van der Waals surface area contributed by atoms with Crippen LogP contribution in [0, 0.1) is 11.6 Å². The lowest BCUT2D eigenvalue weighted by atomic mass is 10.1. The van der Waals surface area contributed by atoms with Gasteiger partial charge in [-0.1, -0.05) is 0 Å². The highest BCUT2D eigenvalue weighted by Gasteiger charge is 2.23. The monoisotopic (exact) mass is 218 g/mol. The largest absolute Gasteiger partial charge is 0.383 e. The smallest absolute Gasteiger partial charge is 0.187 e. The number of aliphatic hydroxyl groups excluding tert-OH is 1. The molecule has 0 aliphatic rings. The highest BCUT2D eigenvalue weighted by atomic mass is 19.1. The minimum atomic E-state index is -1.37. The molecule has 0 fully saturated rings. The van der Waals surface area contributed by atoms with Crippen molar-refractivity contribution >= 4 is 0 Å². The van der Waals surface area contributed by atoms with Crippen molar-refractivity contribution in [2.75, 3.05) is 14.2 Å². The second-order valence-electron chi connectivity index (χ2n) is 2.95. The van der Waals surface area contributed by atoms with Crippen LogP contribution in [-0.2, 0) is 9.47 Å². The van der Waals surface area contributed by atoms with E-state index in [0.717, 1.165) is 18.2 Å². The molecule has 0 radical (unpaired) electrons. The topological polar surface area (TPSA) is 38.7 Å². The molecule has 0 aromatic heterocycles. The summed E-state index contributed by atoms with van der Waals surface area (Å²) in [6.45, 7) is 0. The first kappa shape index (κ1) is 12.0. The van der Waals surface area contributed by atoms with Crippen LogP contribution < -0.4 is 0 Å². The maximum Gasteiger partial charge on any atom is 0.187 e. The molecule has 0 aliphatic carbocycles. The molecule has 3 nitrogen and oxygen atoms in total. The molecule has 1 rings (SSSR count). The van der Waals surface area contributed by atoms with Crippen LogP contribution in [0.2, 0.25) is 0 Å². The van der Waals surface area contributed by atoms with Gasteiger partial charge in [0.2, 0.25) is 0 Å². The van der Waals surface area contributed by atoms with Gasteiger partial charge >= 0.3 is 0 Å². The van der Waals surface area contributed by atoms with Gasteiger partial charge in [0.15, 0.2) is 6.29 Å². The third-order valence-corrected chi connectivity index (χ3v) is 2.00. The summed E-state index contributed by atoms with van der Waals surface area (Å²) in [6, 6.07) is 2.82. The standard InChI is InChI=1S/C10H12F2O3/c1-14-10(15-2)9(13)7-5-6(11)3-4-8(7)12/h3-5,9-10,13H,1-2H3. The van der Waals surface area contributed by atoms with Gasteiger partial charge < -0.3 is 14.6 Å². The fraction of sp³-hybridized carbons (Fsp3) is 0.400. The SMILES string of the molecule is COC(OC)C(O)c1cc(F)ccc1F. The van der Waals surface area contributed by atoms with E-state index < -0.39 is 24.0 Å². The normalized spacial score (nSPS) is 13.2. The lowest BCUT2D eigenvalue weighted by Gasteiger charge is -2.20. The summed E-state index contributed by atoms with van der Waals surface area (Å²) in [5.74, 6) is -1.33. The molecule has 1 N–H and O–H groups in total. The molecule has 1 unspecified atom stereocenters. The van der Waals surface area contributed by atoms with E-state index in [2.05, 4.69) is 0 Å². The molecule has 0 saturated heterocycles. The Kier molecular flexibility index (Phi) is 4.14. The summed E-state index contributed by atoms with van der Waals surface area (Å²) in [4.78, 5) is 0. The van der Waals surface area contributed by atoms with E-state index in [1.165, 1.54) is 14.2 Å². The van der Waals surface area contributed by atoms with Crippen molar-refractivity contribution in [3.05, 3.63) is 35.4 Å². The zero-order chi connectivity index (χ0) is 11.4. The highest BCUT2D eigenvalue weighted by molar-refractivity contribution is 5.21. The molecule has 0 amide bonds. The van der Waals surface area contributed by atoms with E-state index in [-0.39, 0.29) is 5.56 Å². The van der Waals surface area contributed by atoms with Crippen LogP contribution in [0.5, 0.6) is 0 Å². The second-order valence-corrected chi connectivity index (χ2v) is 2.95. The summed E-state index contributed by atoms with van der Waals surface area (Å²) in [6.07, 6.45) is -2.39. The van der Waals surface area contributed by atoms with E-state index in [9.17, 15) is 13.9 Å². The minimum Gasteiger partial charge on any atom is -0.383 e. The zero-order valence-electron chi connectivity index (χ0n) is 8.41. The van der Waals surface area contributed by atoms with Crippen molar-refractivity contribution in [2.45, 2.75) is 12.4 Å². The van der Waals surface area contributed by atoms with Crippen LogP contribution in [0.3, 0.4) is 0 Å². The van der Waals surface area contributed by atoms with Crippen LogP contribution in [-0.4, -0.2) is 25.6 Å². The average molecular weight is 218 g/mol. The van der Waals surface area contributed by atoms with E-state index in [1.54, 1.807) is 0 Å². The average Bonchev–Trinajstić information content (AvgIpc) is 2.23. The molecule has 15 heavy (non-hydrogen) atoms. The van der Waals surface area contributed by atoms with Gasteiger partial charge in [-0.2, -0.15) is 0 Å². The Hall–Kier alpha value is -1.04. The maximum atomic E-state index is 13.2. The van der Waals surface area contributed by atoms with Crippen LogP contribution in [0.4, 0.5) is 8.78 Å². The molecule has 84 valence electrons. The Balaban J connectivity index is 2.98. The van der Waals surface area contributed by atoms with Gasteiger partial charge in [-0.3, -0.25) is 0 Å². The van der Waals surface area contributed by atoms with Crippen LogP contribution >= 0.6 is 0 Å². The summed E-state index contributed by atoms with van der Waals surface area (Å²) >= 11 is 0. The number of methoxy groups -OCH3 is 2. The van der Waals surface area contributed by atoms with E-state index in [0.29, 0.717) is 0 Å². The Morgan fingerprint density at radius 2 is 1.80 bits per heavy atom. The fourth-order valence-electron chi connectivity index (χ4n) is 1.24. The van der Waals surface area contributed by atoms with Crippen LogP contribution in [0.25, 0.3) is 0 Å². The van der Waals surface area contributed by atoms with Gasteiger partial charge in [-0.25, -0.2) is 8.78 Å². The first-order valence-electron chi connectivity index (χ1n) is 4.28. The van der Waals surface area contributed by atoms with Gasteiger partial charge in [-0.15, -0.1) is 0 Å². The van der Waals surface area contributed by atoms with Gasteiger partial charge in [0.25, 0.3) is 0 Å². The summed E-state index contributed by atoms with van der Waals surface area (Å²) in [5, 5.41) is 9.63.